The third-order valence-electron chi connectivity index (χ3n) is 5.81. The Labute approximate surface area is 196 Å². The van der Waals surface area contributed by atoms with Crippen LogP contribution in [0.1, 0.15) is 57.3 Å². The summed E-state index contributed by atoms with van der Waals surface area (Å²) in [6, 6.07) is 7.02. The van der Waals surface area contributed by atoms with E-state index in [0.29, 0.717) is 6.54 Å². The standard InChI is InChI=1S/C22H33FN6.HI/c1-3-20-28-27-17-29(20)15-14-25-21(24-4-2)26-16-22(12-6-5-7-13-22)18-8-10-19(23)11-9-18;/h8-11,17H,3-7,12-16H2,1-2H3,(H2,24,25,26);1H. The number of aliphatic imine (C=N–C) groups is 1. The first-order chi connectivity index (χ1) is 14.2. The zero-order chi connectivity index (χ0) is 20.5. The molecule has 1 aromatic heterocycles. The van der Waals surface area contributed by atoms with E-state index in [0.717, 1.165) is 50.7 Å². The lowest BCUT2D eigenvalue weighted by molar-refractivity contribution is 0.301. The highest BCUT2D eigenvalue weighted by atomic mass is 127. The van der Waals surface area contributed by atoms with Gasteiger partial charge in [-0.1, -0.05) is 38.3 Å². The predicted octanol–water partition coefficient (Wildman–Crippen LogP) is 4.05. The average Bonchev–Trinajstić information content (AvgIpc) is 3.21. The second-order valence-electron chi connectivity index (χ2n) is 7.76. The first-order valence-electron chi connectivity index (χ1n) is 10.8. The smallest absolute Gasteiger partial charge is 0.191 e. The zero-order valence-corrected chi connectivity index (χ0v) is 20.4. The second-order valence-corrected chi connectivity index (χ2v) is 7.76. The number of nitrogens with one attached hydrogen (secondary N) is 2. The van der Waals surface area contributed by atoms with Crippen LogP contribution >= 0.6 is 24.0 Å². The molecular weight excluding hydrogens is 494 g/mol. The molecule has 0 bridgehead atoms. The Morgan fingerprint density at radius 3 is 2.53 bits per heavy atom. The van der Waals surface area contributed by atoms with E-state index in [1.165, 1.54) is 24.8 Å². The molecule has 0 saturated heterocycles. The molecule has 1 saturated carbocycles. The molecule has 0 aliphatic heterocycles. The molecule has 2 aromatic rings. The second kappa shape index (κ2) is 12.2. The van der Waals surface area contributed by atoms with E-state index in [9.17, 15) is 4.39 Å². The van der Waals surface area contributed by atoms with Gasteiger partial charge in [-0.2, -0.15) is 0 Å². The Morgan fingerprint density at radius 1 is 1.13 bits per heavy atom. The van der Waals surface area contributed by atoms with E-state index in [2.05, 4.69) is 39.2 Å². The molecule has 30 heavy (non-hydrogen) atoms. The normalized spacial score (nSPS) is 16.0. The molecule has 1 aliphatic carbocycles. The van der Waals surface area contributed by atoms with Gasteiger partial charge in [-0.15, -0.1) is 34.2 Å². The highest BCUT2D eigenvalue weighted by molar-refractivity contribution is 14.0. The van der Waals surface area contributed by atoms with Crippen LogP contribution in [0.15, 0.2) is 35.6 Å². The van der Waals surface area contributed by atoms with E-state index in [4.69, 9.17) is 4.99 Å². The van der Waals surface area contributed by atoms with Gasteiger partial charge in [-0.05, 0) is 37.5 Å². The lowest BCUT2D eigenvalue weighted by Crippen LogP contribution is -2.41. The lowest BCUT2D eigenvalue weighted by atomic mass is 9.69. The number of aryl methyl sites for hydroxylation is 1. The van der Waals surface area contributed by atoms with E-state index in [1.807, 2.05) is 12.1 Å². The maximum atomic E-state index is 13.4. The van der Waals surface area contributed by atoms with Crippen LogP contribution in [0.3, 0.4) is 0 Å². The summed E-state index contributed by atoms with van der Waals surface area (Å²) in [5.74, 6) is 1.63. The van der Waals surface area contributed by atoms with Gasteiger partial charge >= 0.3 is 0 Å². The first-order valence-corrected chi connectivity index (χ1v) is 10.8. The summed E-state index contributed by atoms with van der Waals surface area (Å²) in [7, 11) is 0. The molecule has 2 N–H and O–H groups in total. The van der Waals surface area contributed by atoms with Crippen molar-refractivity contribution >= 4 is 29.9 Å². The highest BCUT2D eigenvalue weighted by Crippen LogP contribution is 2.39. The largest absolute Gasteiger partial charge is 0.357 e. The predicted molar refractivity (Wildman–Crippen MR) is 130 cm³/mol. The number of hydrogen-bond donors (Lipinski definition) is 2. The first kappa shape index (κ1) is 24.6. The molecule has 0 radical (unpaired) electrons. The monoisotopic (exact) mass is 528 g/mol. The van der Waals surface area contributed by atoms with Crippen molar-refractivity contribution in [3.05, 3.63) is 47.8 Å². The van der Waals surface area contributed by atoms with Crippen LogP contribution < -0.4 is 10.6 Å². The Hall–Kier alpha value is -1.71. The minimum absolute atomic E-state index is 0. The van der Waals surface area contributed by atoms with Crippen LogP contribution in [0.5, 0.6) is 0 Å². The van der Waals surface area contributed by atoms with Gasteiger partial charge in [0.2, 0.25) is 0 Å². The molecule has 0 amide bonds. The maximum Gasteiger partial charge on any atom is 0.191 e. The minimum Gasteiger partial charge on any atom is -0.357 e. The zero-order valence-electron chi connectivity index (χ0n) is 18.0. The van der Waals surface area contributed by atoms with Crippen LogP contribution in [0, 0.1) is 5.82 Å². The van der Waals surface area contributed by atoms with Gasteiger partial charge in [0.05, 0.1) is 6.54 Å². The topological polar surface area (TPSA) is 67.1 Å². The molecule has 1 aromatic carbocycles. The number of aromatic nitrogens is 3. The number of rotatable bonds is 8. The van der Waals surface area contributed by atoms with Crippen molar-refractivity contribution in [1.29, 1.82) is 0 Å². The van der Waals surface area contributed by atoms with Crippen LogP contribution in [-0.4, -0.2) is 40.4 Å². The fourth-order valence-corrected chi connectivity index (χ4v) is 4.18. The van der Waals surface area contributed by atoms with Crippen molar-refractivity contribution in [1.82, 2.24) is 25.4 Å². The van der Waals surface area contributed by atoms with Crippen LogP contribution in [0.4, 0.5) is 4.39 Å². The van der Waals surface area contributed by atoms with Crippen LogP contribution in [0.25, 0.3) is 0 Å². The Balaban J connectivity index is 0.00000320. The Morgan fingerprint density at radius 2 is 1.87 bits per heavy atom. The third kappa shape index (κ3) is 6.39. The average molecular weight is 528 g/mol. The number of guanidine groups is 1. The molecule has 6 nitrogen and oxygen atoms in total. The van der Waals surface area contributed by atoms with Gasteiger partial charge in [-0.3, -0.25) is 4.99 Å². The summed E-state index contributed by atoms with van der Waals surface area (Å²) in [6.45, 7) is 7.22. The SMILES string of the molecule is CCNC(=NCC1(c2ccc(F)cc2)CCCCC1)NCCn1cnnc1CC.I. The molecule has 1 fully saturated rings. The van der Waals surface area contributed by atoms with Crippen molar-refractivity contribution < 1.29 is 4.39 Å². The Bertz CT molecular complexity index is 783. The molecule has 0 spiro atoms. The van der Waals surface area contributed by atoms with Gasteiger partial charge in [0.1, 0.15) is 18.0 Å². The number of nitrogens with zero attached hydrogens (tertiary/aromatic N) is 4. The van der Waals surface area contributed by atoms with Gasteiger partial charge in [0.15, 0.2) is 5.96 Å². The highest BCUT2D eigenvalue weighted by Gasteiger charge is 2.33. The van der Waals surface area contributed by atoms with Gasteiger partial charge < -0.3 is 15.2 Å². The fourth-order valence-electron chi connectivity index (χ4n) is 4.18. The van der Waals surface area contributed by atoms with Crippen molar-refractivity contribution in [2.75, 3.05) is 19.6 Å². The summed E-state index contributed by atoms with van der Waals surface area (Å²) < 4.78 is 15.5. The van der Waals surface area contributed by atoms with E-state index >= 15 is 0 Å². The molecule has 0 atom stereocenters. The molecule has 1 heterocycles. The van der Waals surface area contributed by atoms with E-state index < -0.39 is 0 Å². The summed E-state index contributed by atoms with van der Waals surface area (Å²) in [4.78, 5) is 4.93. The molecular formula is C22H34FIN6. The molecule has 8 heteroatoms. The summed E-state index contributed by atoms with van der Waals surface area (Å²) in [5, 5.41) is 14.9. The molecule has 166 valence electrons. The van der Waals surface area contributed by atoms with Gasteiger partial charge in [0.25, 0.3) is 0 Å². The lowest BCUT2D eigenvalue weighted by Gasteiger charge is -2.37. The summed E-state index contributed by atoms with van der Waals surface area (Å²) >= 11 is 0. The summed E-state index contributed by atoms with van der Waals surface area (Å²) in [6.07, 6.45) is 8.51. The van der Waals surface area contributed by atoms with Gasteiger partial charge in [0, 0.05) is 31.5 Å². The van der Waals surface area contributed by atoms with Gasteiger partial charge in [-0.25, -0.2) is 4.39 Å². The molecule has 0 unspecified atom stereocenters. The minimum atomic E-state index is -0.182. The fraction of sp³-hybridized carbons (Fsp3) is 0.591. The molecule has 3 rings (SSSR count). The third-order valence-corrected chi connectivity index (χ3v) is 5.81. The number of halogens is 2. The number of hydrogen-bond acceptors (Lipinski definition) is 3. The van der Waals surface area contributed by atoms with E-state index in [-0.39, 0.29) is 35.2 Å². The van der Waals surface area contributed by atoms with Crippen molar-refractivity contribution in [3.8, 4) is 0 Å². The van der Waals surface area contributed by atoms with Crippen LogP contribution in [-0.2, 0) is 18.4 Å². The van der Waals surface area contributed by atoms with Crippen molar-refractivity contribution in [3.63, 3.8) is 0 Å². The van der Waals surface area contributed by atoms with Crippen molar-refractivity contribution in [2.45, 2.75) is 64.3 Å². The summed E-state index contributed by atoms with van der Waals surface area (Å²) in [5.41, 5.74) is 1.20. The number of benzene rings is 1. The van der Waals surface area contributed by atoms with Crippen molar-refractivity contribution in [2.24, 2.45) is 4.99 Å². The molecule has 1 aliphatic rings. The van der Waals surface area contributed by atoms with E-state index in [1.54, 1.807) is 18.5 Å². The maximum absolute atomic E-state index is 13.4. The Kier molecular flexibility index (Phi) is 10.0. The van der Waals surface area contributed by atoms with Crippen LogP contribution in [0.2, 0.25) is 0 Å². The quantitative estimate of drug-likeness (QED) is 0.308.